The monoisotopic (exact) mass is 447 g/mol. The molecule has 0 atom stereocenters. The molecule has 1 saturated heterocycles. The number of hydrogen-bond donors (Lipinski definition) is 2. The normalized spacial score (nSPS) is 18.8. The number of morpholine rings is 1. The first kappa shape index (κ1) is 20.0. The molecule has 5 rings (SSSR count). The van der Waals surface area contributed by atoms with Crippen LogP contribution in [0.2, 0.25) is 0 Å². The van der Waals surface area contributed by atoms with Gasteiger partial charge in [-0.1, -0.05) is 17.8 Å². The number of primary amides is 1. The van der Waals surface area contributed by atoms with Gasteiger partial charge in [0.05, 0.1) is 29.5 Å². The van der Waals surface area contributed by atoms with Crippen molar-refractivity contribution in [2.45, 2.75) is 14.7 Å². The van der Waals surface area contributed by atoms with Crippen LogP contribution in [-0.4, -0.2) is 65.3 Å². The van der Waals surface area contributed by atoms with Gasteiger partial charge in [0.15, 0.2) is 6.67 Å². The number of hydrogen-bond acceptors (Lipinski definition) is 7. The Hall–Kier alpha value is -1.95. The van der Waals surface area contributed by atoms with E-state index in [1.807, 2.05) is 24.3 Å². The number of benzene rings is 2. The maximum Gasteiger partial charge on any atom is 0.346 e. The largest absolute Gasteiger partial charge is 0.379 e. The van der Waals surface area contributed by atoms with Crippen molar-refractivity contribution in [3.63, 3.8) is 0 Å². The Labute approximate surface area is 179 Å². The van der Waals surface area contributed by atoms with E-state index in [9.17, 15) is 13.2 Å². The van der Waals surface area contributed by atoms with E-state index in [2.05, 4.69) is 14.5 Å². The molecule has 3 aliphatic heterocycles. The number of anilines is 2. The molecule has 1 amide bonds. The second-order valence-electron chi connectivity index (χ2n) is 7.41. The zero-order chi connectivity index (χ0) is 20.7. The van der Waals surface area contributed by atoms with Gasteiger partial charge in [-0.15, -0.1) is 0 Å². The summed E-state index contributed by atoms with van der Waals surface area (Å²) in [4.78, 5) is 18.6. The lowest BCUT2D eigenvalue weighted by molar-refractivity contribution is -0.555. The van der Waals surface area contributed by atoms with Crippen LogP contribution < -0.4 is 14.9 Å². The van der Waals surface area contributed by atoms with Gasteiger partial charge in [-0.05, 0) is 30.3 Å². The zero-order valence-electron chi connectivity index (χ0n) is 16.3. The number of nitrogens with one attached hydrogen (secondary N) is 1. The van der Waals surface area contributed by atoms with Crippen molar-refractivity contribution in [3.05, 3.63) is 42.0 Å². The number of para-hydroxylation sites is 1. The number of sulfonamides is 1. The molecule has 0 aliphatic carbocycles. The molecule has 3 aliphatic rings. The second kappa shape index (κ2) is 7.95. The minimum absolute atomic E-state index is 0.0378. The van der Waals surface area contributed by atoms with Crippen molar-refractivity contribution in [2.75, 3.05) is 51.0 Å². The van der Waals surface area contributed by atoms with Crippen molar-refractivity contribution < 1.29 is 23.3 Å². The Kier molecular flexibility index (Phi) is 5.30. The Morgan fingerprint density at radius 2 is 1.97 bits per heavy atom. The summed E-state index contributed by atoms with van der Waals surface area (Å²) >= 11 is 1.51. The number of nitrogens with zero attached hydrogens (tertiary/aromatic N) is 2. The Morgan fingerprint density at radius 3 is 2.80 bits per heavy atom. The van der Waals surface area contributed by atoms with Crippen LogP contribution in [0, 0.1) is 0 Å². The number of amides is 1. The topological polar surface area (TPSA) is 95.6 Å². The predicted molar refractivity (Wildman–Crippen MR) is 113 cm³/mol. The SMILES string of the molecule is O=C1[NH2+]CN2c3ccc(S(=O)(=O)NCCN4CCOCC4)cc3Sc3cccc1c32. The summed E-state index contributed by atoms with van der Waals surface area (Å²) in [6, 6.07) is 10.9. The third-order valence-corrected chi connectivity index (χ3v) is 8.12. The fraction of sp³-hybridized carbons (Fsp3) is 0.350. The first-order valence-corrected chi connectivity index (χ1v) is 12.2. The molecular weight excluding hydrogens is 424 g/mol. The van der Waals surface area contributed by atoms with Crippen LogP contribution in [0.15, 0.2) is 51.1 Å². The van der Waals surface area contributed by atoms with Crippen molar-refractivity contribution >= 4 is 39.1 Å². The number of carbonyl (C=O) groups is 1. The first-order valence-electron chi connectivity index (χ1n) is 9.93. The van der Waals surface area contributed by atoms with Gasteiger partial charge < -0.3 is 4.74 Å². The van der Waals surface area contributed by atoms with E-state index in [0.717, 1.165) is 34.3 Å². The maximum atomic E-state index is 12.8. The van der Waals surface area contributed by atoms with Gasteiger partial charge in [-0.2, -0.15) is 0 Å². The lowest BCUT2D eigenvalue weighted by Gasteiger charge is -2.34. The minimum atomic E-state index is -3.60. The van der Waals surface area contributed by atoms with Crippen LogP contribution in [0.1, 0.15) is 10.4 Å². The van der Waals surface area contributed by atoms with Gasteiger partial charge in [0.1, 0.15) is 5.56 Å². The van der Waals surface area contributed by atoms with Crippen LogP contribution >= 0.6 is 11.8 Å². The molecule has 0 saturated carbocycles. The minimum Gasteiger partial charge on any atom is -0.379 e. The highest BCUT2D eigenvalue weighted by molar-refractivity contribution is 7.99. The zero-order valence-corrected chi connectivity index (χ0v) is 18.0. The van der Waals surface area contributed by atoms with E-state index in [1.54, 1.807) is 17.4 Å². The molecule has 2 aromatic rings. The average Bonchev–Trinajstić information content (AvgIpc) is 2.76. The van der Waals surface area contributed by atoms with Crippen molar-refractivity contribution in [3.8, 4) is 0 Å². The van der Waals surface area contributed by atoms with Gasteiger partial charge >= 0.3 is 5.91 Å². The molecule has 1 fully saturated rings. The van der Waals surface area contributed by atoms with Crippen molar-refractivity contribution in [1.82, 2.24) is 9.62 Å². The summed E-state index contributed by atoms with van der Waals surface area (Å²) in [5.74, 6) is 0.0378. The van der Waals surface area contributed by atoms with Crippen LogP contribution in [0.5, 0.6) is 0 Å². The fourth-order valence-electron chi connectivity index (χ4n) is 4.01. The molecule has 10 heteroatoms. The van der Waals surface area contributed by atoms with Gasteiger partial charge in [-0.3, -0.25) is 15.1 Å². The quantitative estimate of drug-likeness (QED) is 0.692. The summed E-state index contributed by atoms with van der Waals surface area (Å²) in [5.41, 5.74) is 2.54. The van der Waals surface area contributed by atoms with Crippen LogP contribution in [0.3, 0.4) is 0 Å². The molecule has 0 unspecified atom stereocenters. The van der Waals surface area contributed by atoms with E-state index in [4.69, 9.17) is 4.74 Å². The fourth-order valence-corrected chi connectivity index (χ4v) is 6.30. The van der Waals surface area contributed by atoms with Crippen molar-refractivity contribution in [2.24, 2.45) is 0 Å². The third-order valence-electron chi connectivity index (χ3n) is 5.57. The number of fused-ring (bicyclic) bond motifs is 2. The molecule has 30 heavy (non-hydrogen) atoms. The van der Waals surface area contributed by atoms with E-state index >= 15 is 0 Å². The van der Waals surface area contributed by atoms with Gasteiger partial charge in [0.2, 0.25) is 10.0 Å². The third kappa shape index (κ3) is 3.64. The number of nitrogens with two attached hydrogens (primary N) is 1. The molecule has 2 aromatic carbocycles. The number of rotatable bonds is 5. The molecule has 8 nitrogen and oxygen atoms in total. The van der Waals surface area contributed by atoms with Gasteiger partial charge in [0.25, 0.3) is 0 Å². The highest BCUT2D eigenvalue weighted by Gasteiger charge is 2.34. The Bertz CT molecular complexity index is 1100. The second-order valence-corrected chi connectivity index (χ2v) is 10.3. The van der Waals surface area contributed by atoms with E-state index < -0.39 is 10.0 Å². The Balaban J connectivity index is 1.37. The summed E-state index contributed by atoms with van der Waals surface area (Å²) in [6.45, 7) is 4.55. The lowest BCUT2D eigenvalue weighted by Crippen LogP contribution is -2.92. The van der Waals surface area contributed by atoms with Crippen molar-refractivity contribution in [1.29, 1.82) is 0 Å². The van der Waals surface area contributed by atoms with E-state index in [1.165, 1.54) is 11.8 Å². The van der Waals surface area contributed by atoms with E-state index in [0.29, 0.717) is 38.5 Å². The van der Waals surface area contributed by atoms with Crippen LogP contribution in [0.4, 0.5) is 11.4 Å². The number of quaternary nitrogens is 1. The standard InChI is InChI=1S/C20H22N4O4S2/c25-20-15-2-1-3-17-19(15)24(13-21-20)16-5-4-14(12-18(16)29-17)30(26,27)22-6-7-23-8-10-28-11-9-23/h1-5,12,22H,6-11,13H2,(H,21,25)/p+1. The molecule has 0 bridgehead atoms. The summed E-state index contributed by atoms with van der Waals surface area (Å²) in [5, 5.41) is 1.67. The first-order chi connectivity index (χ1) is 14.5. The van der Waals surface area contributed by atoms with Crippen LogP contribution in [-0.2, 0) is 14.8 Å². The average molecular weight is 448 g/mol. The molecule has 3 N–H and O–H groups in total. The molecule has 0 radical (unpaired) electrons. The Morgan fingerprint density at radius 1 is 1.13 bits per heavy atom. The predicted octanol–water partition coefficient (Wildman–Crippen LogP) is 0.575. The summed E-state index contributed by atoms with van der Waals surface area (Å²) in [7, 11) is -3.60. The smallest absolute Gasteiger partial charge is 0.346 e. The van der Waals surface area contributed by atoms with Gasteiger partial charge in [-0.25, -0.2) is 17.9 Å². The lowest BCUT2D eigenvalue weighted by atomic mass is 10.1. The molecule has 0 aromatic heterocycles. The van der Waals surface area contributed by atoms with Crippen LogP contribution in [0.25, 0.3) is 0 Å². The maximum absolute atomic E-state index is 12.8. The number of ether oxygens (including phenoxy) is 1. The highest BCUT2D eigenvalue weighted by Crippen LogP contribution is 2.50. The van der Waals surface area contributed by atoms with E-state index in [-0.39, 0.29) is 10.8 Å². The summed E-state index contributed by atoms with van der Waals surface area (Å²) in [6.07, 6.45) is 0. The summed E-state index contributed by atoms with van der Waals surface area (Å²) < 4.78 is 33.7. The number of carbonyl (C=O) groups excluding carboxylic acids is 1. The molecule has 0 spiro atoms. The highest BCUT2D eigenvalue weighted by atomic mass is 32.2. The molecular formula is C20H23N4O4S2+. The molecule has 3 heterocycles. The molecule has 158 valence electrons. The van der Waals surface area contributed by atoms with Gasteiger partial charge in [0, 0.05) is 36.0 Å².